The summed E-state index contributed by atoms with van der Waals surface area (Å²) in [5, 5.41) is 29.9. The van der Waals surface area contributed by atoms with E-state index in [2.05, 4.69) is 27.4 Å². The Morgan fingerprint density at radius 1 is 1.29 bits per heavy atom. The van der Waals surface area contributed by atoms with E-state index in [4.69, 9.17) is 5.11 Å². The second kappa shape index (κ2) is 6.64. The lowest BCUT2D eigenvalue weighted by Crippen LogP contribution is -2.55. The molecule has 0 aromatic rings. The number of aliphatic hydroxyl groups excluding tert-OH is 2. The molecule has 4 heteroatoms. The molecule has 5 unspecified atom stereocenters. The molecule has 0 amide bonds. The first kappa shape index (κ1) is 19.2. The Labute approximate surface area is 145 Å². The molecule has 5 atom stereocenters. The number of carbonyl (C=O) groups is 1. The molecular formula is C20H32O4. The number of carboxylic acid groups (broad SMARTS) is 1. The zero-order valence-electron chi connectivity index (χ0n) is 15.4. The SMILES string of the molecule is C=C1C(O)CC2C(C)(C)CC(O)CC2(C)C1CCC(C)=CC(=O)O. The van der Waals surface area contributed by atoms with Gasteiger partial charge in [-0.1, -0.05) is 32.9 Å². The van der Waals surface area contributed by atoms with Gasteiger partial charge in [-0.3, -0.25) is 0 Å². The first-order chi connectivity index (χ1) is 11.0. The molecule has 136 valence electrons. The fourth-order valence-corrected chi connectivity index (χ4v) is 5.54. The second-order valence-corrected chi connectivity index (χ2v) is 8.86. The highest BCUT2D eigenvalue weighted by Crippen LogP contribution is 2.61. The Balaban J connectivity index is 2.29. The largest absolute Gasteiger partial charge is 0.478 e. The van der Waals surface area contributed by atoms with E-state index < -0.39 is 12.1 Å². The summed E-state index contributed by atoms with van der Waals surface area (Å²) in [4.78, 5) is 10.8. The van der Waals surface area contributed by atoms with Crippen LogP contribution in [0.1, 0.15) is 59.8 Å². The average Bonchev–Trinajstić information content (AvgIpc) is 2.39. The van der Waals surface area contributed by atoms with E-state index in [0.29, 0.717) is 18.8 Å². The zero-order chi connectivity index (χ0) is 18.3. The van der Waals surface area contributed by atoms with Crippen molar-refractivity contribution in [1.29, 1.82) is 0 Å². The minimum Gasteiger partial charge on any atom is -0.478 e. The van der Waals surface area contributed by atoms with Crippen LogP contribution in [-0.4, -0.2) is 33.5 Å². The molecule has 2 rings (SSSR count). The van der Waals surface area contributed by atoms with Crippen LogP contribution in [0.3, 0.4) is 0 Å². The highest BCUT2D eigenvalue weighted by atomic mass is 16.4. The number of hydrogen-bond donors (Lipinski definition) is 3. The topological polar surface area (TPSA) is 77.8 Å². The standard InChI is InChI=1S/C20H32O4/c1-12(8-18(23)24)6-7-15-13(2)16(22)9-17-19(3,4)10-14(21)11-20(15,17)5/h8,14-17,21-22H,2,6-7,9-11H2,1,3-5H3,(H,23,24). The van der Waals surface area contributed by atoms with E-state index in [0.717, 1.165) is 30.4 Å². The maximum Gasteiger partial charge on any atom is 0.328 e. The Morgan fingerprint density at radius 3 is 2.50 bits per heavy atom. The quantitative estimate of drug-likeness (QED) is 0.542. The van der Waals surface area contributed by atoms with Gasteiger partial charge in [0.1, 0.15) is 0 Å². The molecule has 0 spiro atoms. The summed E-state index contributed by atoms with van der Waals surface area (Å²) in [6.45, 7) is 12.6. The molecule has 0 heterocycles. The molecular weight excluding hydrogens is 304 g/mol. The van der Waals surface area contributed by atoms with Crippen LogP contribution in [0.4, 0.5) is 0 Å². The van der Waals surface area contributed by atoms with Gasteiger partial charge >= 0.3 is 5.97 Å². The number of fused-ring (bicyclic) bond motifs is 1. The third-order valence-corrected chi connectivity index (χ3v) is 6.50. The summed E-state index contributed by atoms with van der Waals surface area (Å²) in [7, 11) is 0. The van der Waals surface area contributed by atoms with Gasteiger partial charge in [0, 0.05) is 6.08 Å². The van der Waals surface area contributed by atoms with E-state index in [9.17, 15) is 15.0 Å². The molecule has 24 heavy (non-hydrogen) atoms. The number of aliphatic carboxylic acids is 1. The predicted molar refractivity (Wildman–Crippen MR) is 94.5 cm³/mol. The van der Waals surface area contributed by atoms with Crippen molar-refractivity contribution in [2.24, 2.45) is 22.7 Å². The predicted octanol–water partition coefficient (Wildman–Crippen LogP) is 3.54. The molecule has 2 aliphatic carbocycles. The van der Waals surface area contributed by atoms with Crippen LogP contribution in [0.25, 0.3) is 0 Å². The minimum atomic E-state index is -0.923. The van der Waals surface area contributed by atoms with Gasteiger partial charge in [0.2, 0.25) is 0 Å². The Kier molecular flexibility index (Phi) is 5.31. The van der Waals surface area contributed by atoms with E-state index >= 15 is 0 Å². The van der Waals surface area contributed by atoms with E-state index in [-0.39, 0.29) is 22.9 Å². The van der Waals surface area contributed by atoms with Crippen LogP contribution in [0.5, 0.6) is 0 Å². The third kappa shape index (κ3) is 3.60. The first-order valence-electron chi connectivity index (χ1n) is 8.92. The fourth-order valence-electron chi connectivity index (χ4n) is 5.54. The average molecular weight is 336 g/mol. The Morgan fingerprint density at radius 2 is 1.92 bits per heavy atom. The highest BCUT2D eigenvalue weighted by molar-refractivity contribution is 5.80. The van der Waals surface area contributed by atoms with E-state index in [1.807, 2.05) is 6.92 Å². The molecule has 0 aromatic carbocycles. The maximum absolute atomic E-state index is 10.8. The summed E-state index contributed by atoms with van der Waals surface area (Å²) in [6, 6.07) is 0. The van der Waals surface area contributed by atoms with Gasteiger partial charge in [0.15, 0.2) is 0 Å². The summed E-state index contributed by atoms with van der Waals surface area (Å²) in [5.41, 5.74) is 1.53. The van der Waals surface area contributed by atoms with Crippen LogP contribution in [-0.2, 0) is 4.79 Å². The van der Waals surface area contributed by atoms with Gasteiger partial charge in [0.05, 0.1) is 12.2 Å². The van der Waals surface area contributed by atoms with E-state index in [1.54, 1.807) is 0 Å². The molecule has 4 nitrogen and oxygen atoms in total. The van der Waals surface area contributed by atoms with Crippen molar-refractivity contribution in [1.82, 2.24) is 0 Å². The molecule has 0 aromatic heterocycles. The van der Waals surface area contributed by atoms with Crippen LogP contribution in [0.2, 0.25) is 0 Å². The lowest BCUT2D eigenvalue weighted by Gasteiger charge is -2.60. The van der Waals surface area contributed by atoms with Gasteiger partial charge in [-0.05, 0) is 67.3 Å². The maximum atomic E-state index is 10.8. The Hall–Kier alpha value is -1.13. The van der Waals surface area contributed by atoms with Crippen LogP contribution in [0, 0.1) is 22.7 Å². The van der Waals surface area contributed by atoms with Gasteiger partial charge in [0.25, 0.3) is 0 Å². The van der Waals surface area contributed by atoms with Crippen molar-refractivity contribution in [3.05, 3.63) is 23.8 Å². The van der Waals surface area contributed by atoms with Crippen molar-refractivity contribution in [3.8, 4) is 0 Å². The number of hydrogen-bond acceptors (Lipinski definition) is 3. The summed E-state index contributed by atoms with van der Waals surface area (Å²) >= 11 is 0. The van der Waals surface area contributed by atoms with Crippen molar-refractivity contribution in [2.45, 2.75) is 72.0 Å². The van der Waals surface area contributed by atoms with Crippen molar-refractivity contribution in [2.75, 3.05) is 0 Å². The number of allylic oxidation sites excluding steroid dienone is 1. The summed E-state index contributed by atoms with van der Waals surface area (Å²) in [6.07, 6.45) is 4.03. The number of aliphatic hydroxyl groups is 2. The minimum absolute atomic E-state index is 0.0295. The van der Waals surface area contributed by atoms with Gasteiger partial charge < -0.3 is 15.3 Å². The lowest BCUT2D eigenvalue weighted by atomic mass is 9.46. The van der Waals surface area contributed by atoms with Crippen LogP contribution in [0.15, 0.2) is 23.8 Å². The van der Waals surface area contributed by atoms with E-state index in [1.165, 1.54) is 6.08 Å². The third-order valence-electron chi connectivity index (χ3n) is 6.50. The first-order valence-corrected chi connectivity index (χ1v) is 8.92. The highest BCUT2D eigenvalue weighted by Gasteiger charge is 2.56. The molecule has 2 fully saturated rings. The molecule has 2 saturated carbocycles. The van der Waals surface area contributed by atoms with Crippen molar-refractivity contribution >= 4 is 5.97 Å². The number of rotatable bonds is 4. The molecule has 0 aliphatic heterocycles. The van der Waals surface area contributed by atoms with Gasteiger partial charge in [-0.15, -0.1) is 0 Å². The molecule has 0 bridgehead atoms. The summed E-state index contributed by atoms with van der Waals surface area (Å²) < 4.78 is 0. The molecule has 3 N–H and O–H groups in total. The van der Waals surface area contributed by atoms with Crippen molar-refractivity contribution in [3.63, 3.8) is 0 Å². The Bertz CT molecular complexity index is 548. The smallest absolute Gasteiger partial charge is 0.328 e. The van der Waals surface area contributed by atoms with Crippen LogP contribution >= 0.6 is 0 Å². The molecule has 2 aliphatic rings. The second-order valence-electron chi connectivity index (χ2n) is 8.86. The van der Waals surface area contributed by atoms with Crippen molar-refractivity contribution < 1.29 is 20.1 Å². The molecule has 0 radical (unpaired) electrons. The monoisotopic (exact) mass is 336 g/mol. The normalized spacial score (nSPS) is 39.4. The number of carboxylic acids is 1. The van der Waals surface area contributed by atoms with Crippen LogP contribution < -0.4 is 0 Å². The lowest BCUT2D eigenvalue weighted by molar-refractivity contribution is -0.131. The van der Waals surface area contributed by atoms with Gasteiger partial charge in [-0.2, -0.15) is 0 Å². The molecule has 0 saturated heterocycles. The summed E-state index contributed by atoms with van der Waals surface area (Å²) in [5.74, 6) is -0.506. The van der Waals surface area contributed by atoms with Gasteiger partial charge in [-0.25, -0.2) is 4.79 Å². The fraction of sp³-hybridized carbons (Fsp3) is 0.750. The zero-order valence-corrected chi connectivity index (χ0v) is 15.4.